The molecule has 26 heavy (non-hydrogen) atoms. The van der Waals surface area contributed by atoms with Crippen molar-refractivity contribution in [2.75, 3.05) is 0 Å². The molecule has 1 N–H and O–H groups in total. The lowest BCUT2D eigenvalue weighted by atomic mass is 10.0. The van der Waals surface area contributed by atoms with Gasteiger partial charge in [-0.15, -0.1) is 0 Å². The maximum atomic E-state index is 12.5. The molecule has 0 spiro atoms. The lowest BCUT2D eigenvalue weighted by molar-refractivity contribution is -0.384. The standard InChI is InChI=1S/C20H21N3O3/c1-4-7-16(6-3)19(8-5-2)22-20(24)17(14-21)13-15-9-11-18(12-10-15)23(25)26/h4,6-7,9-13,19H,1,3,5,8H2,2H3,(H,22,24)/b16-7+,17-13+. The Morgan fingerprint density at radius 1 is 1.38 bits per heavy atom. The first kappa shape index (κ1) is 20.6. The van der Waals surface area contributed by atoms with Gasteiger partial charge in [0.15, 0.2) is 0 Å². The van der Waals surface area contributed by atoms with Gasteiger partial charge in [0.1, 0.15) is 11.6 Å². The molecule has 0 fully saturated rings. The van der Waals surface area contributed by atoms with Gasteiger partial charge in [-0.2, -0.15) is 5.26 Å². The van der Waals surface area contributed by atoms with Crippen molar-refractivity contribution in [3.05, 3.63) is 82.5 Å². The van der Waals surface area contributed by atoms with Crippen LogP contribution >= 0.6 is 0 Å². The molecule has 0 saturated carbocycles. The van der Waals surface area contributed by atoms with Crippen LogP contribution in [-0.2, 0) is 4.79 Å². The monoisotopic (exact) mass is 351 g/mol. The summed E-state index contributed by atoms with van der Waals surface area (Å²) in [6.45, 7) is 9.38. The van der Waals surface area contributed by atoms with Crippen LogP contribution in [0.25, 0.3) is 6.08 Å². The van der Waals surface area contributed by atoms with E-state index in [9.17, 15) is 20.2 Å². The molecule has 0 saturated heterocycles. The molecule has 1 aromatic rings. The number of nitrogens with zero attached hydrogens (tertiary/aromatic N) is 2. The average Bonchev–Trinajstić information content (AvgIpc) is 2.64. The number of nitriles is 1. The number of rotatable bonds is 9. The molecule has 0 radical (unpaired) electrons. The summed E-state index contributed by atoms with van der Waals surface area (Å²) in [5.41, 5.74) is 1.20. The van der Waals surface area contributed by atoms with E-state index in [1.54, 1.807) is 18.2 Å². The Balaban J connectivity index is 3.04. The first-order valence-electron chi connectivity index (χ1n) is 8.09. The van der Waals surface area contributed by atoms with Gasteiger partial charge in [0, 0.05) is 12.1 Å². The zero-order chi connectivity index (χ0) is 19.5. The molecule has 0 aliphatic heterocycles. The maximum absolute atomic E-state index is 12.5. The van der Waals surface area contributed by atoms with E-state index in [1.807, 2.05) is 13.0 Å². The SMILES string of the molecule is C=C/C=C(\C=C)C(CCC)NC(=O)/C(C#N)=C/c1ccc([N+](=O)[O-])cc1. The number of nitrogens with one attached hydrogen (secondary N) is 1. The molecule has 0 aliphatic carbocycles. The number of hydrogen-bond acceptors (Lipinski definition) is 4. The molecule has 0 aromatic heterocycles. The quantitative estimate of drug-likeness (QED) is 0.238. The summed E-state index contributed by atoms with van der Waals surface area (Å²) in [5.74, 6) is -0.513. The molecule has 1 unspecified atom stereocenters. The van der Waals surface area contributed by atoms with E-state index in [0.29, 0.717) is 12.0 Å². The topological polar surface area (TPSA) is 96.0 Å². The molecule has 1 amide bonds. The second-order valence-corrected chi connectivity index (χ2v) is 5.44. The predicted octanol–water partition coefficient (Wildman–Crippen LogP) is 4.09. The number of amides is 1. The summed E-state index contributed by atoms with van der Waals surface area (Å²) >= 11 is 0. The number of carbonyl (C=O) groups is 1. The summed E-state index contributed by atoms with van der Waals surface area (Å²) in [6.07, 6.45) is 7.94. The van der Waals surface area contributed by atoms with Crippen LogP contribution in [0.3, 0.4) is 0 Å². The Kier molecular flexibility index (Phi) is 8.24. The summed E-state index contributed by atoms with van der Waals surface area (Å²) in [7, 11) is 0. The van der Waals surface area contributed by atoms with Crippen molar-refractivity contribution >= 4 is 17.7 Å². The Labute approximate surface area is 153 Å². The van der Waals surface area contributed by atoms with Crippen molar-refractivity contribution < 1.29 is 9.72 Å². The minimum atomic E-state index is -0.513. The lowest BCUT2D eigenvalue weighted by Gasteiger charge is -2.19. The molecule has 0 bridgehead atoms. The van der Waals surface area contributed by atoms with Gasteiger partial charge >= 0.3 is 0 Å². The molecular weight excluding hydrogens is 330 g/mol. The highest BCUT2D eigenvalue weighted by Gasteiger charge is 2.17. The van der Waals surface area contributed by atoms with Crippen LogP contribution in [0, 0.1) is 21.4 Å². The van der Waals surface area contributed by atoms with Crippen molar-refractivity contribution in [2.45, 2.75) is 25.8 Å². The number of nitro benzene ring substituents is 1. The van der Waals surface area contributed by atoms with Crippen LogP contribution in [0.4, 0.5) is 5.69 Å². The molecule has 0 heterocycles. The van der Waals surface area contributed by atoms with Crippen LogP contribution in [0.2, 0.25) is 0 Å². The van der Waals surface area contributed by atoms with E-state index < -0.39 is 10.8 Å². The molecule has 1 atom stereocenters. The number of carbonyl (C=O) groups excluding carboxylic acids is 1. The van der Waals surface area contributed by atoms with E-state index in [2.05, 4.69) is 18.5 Å². The van der Waals surface area contributed by atoms with Gasteiger partial charge in [-0.1, -0.05) is 44.7 Å². The smallest absolute Gasteiger partial charge is 0.269 e. The van der Waals surface area contributed by atoms with Gasteiger partial charge in [0.25, 0.3) is 11.6 Å². The van der Waals surface area contributed by atoms with Crippen LogP contribution in [0.1, 0.15) is 25.3 Å². The molecule has 134 valence electrons. The molecular formula is C20H21N3O3. The number of non-ortho nitro benzene ring substituents is 1. The molecule has 1 rings (SSSR count). The Morgan fingerprint density at radius 3 is 2.50 bits per heavy atom. The maximum Gasteiger partial charge on any atom is 0.269 e. The van der Waals surface area contributed by atoms with Crippen LogP contribution in [0.15, 0.2) is 66.8 Å². The van der Waals surface area contributed by atoms with Gasteiger partial charge in [-0.05, 0) is 35.8 Å². The number of hydrogen-bond donors (Lipinski definition) is 1. The predicted molar refractivity (Wildman–Crippen MR) is 102 cm³/mol. The average molecular weight is 351 g/mol. The van der Waals surface area contributed by atoms with E-state index in [-0.39, 0.29) is 17.3 Å². The van der Waals surface area contributed by atoms with E-state index >= 15 is 0 Å². The number of nitro groups is 1. The van der Waals surface area contributed by atoms with Gasteiger partial charge in [0.05, 0.1) is 11.0 Å². The summed E-state index contributed by atoms with van der Waals surface area (Å²) in [5, 5.41) is 22.8. The van der Waals surface area contributed by atoms with Gasteiger partial charge in [-0.25, -0.2) is 0 Å². The summed E-state index contributed by atoms with van der Waals surface area (Å²) < 4.78 is 0. The van der Waals surface area contributed by atoms with E-state index in [0.717, 1.165) is 12.0 Å². The highest BCUT2D eigenvalue weighted by molar-refractivity contribution is 6.02. The molecule has 6 nitrogen and oxygen atoms in total. The fourth-order valence-electron chi connectivity index (χ4n) is 2.32. The minimum absolute atomic E-state index is 0.0571. The molecule has 1 aromatic carbocycles. The van der Waals surface area contributed by atoms with Crippen molar-refractivity contribution in [1.82, 2.24) is 5.32 Å². The van der Waals surface area contributed by atoms with Crippen molar-refractivity contribution in [3.63, 3.8) is 0 Å². The third-order valence-corrected chi connectivity index (χ3v) is 3.61. The molecule has 0 aliphatic rings. The van der Waals surface area contributed by atoms with E-state index in [4.69, 9.17) is 0 Å². The first-order chi connectivity index (χ1) is 12.5. The number of allylic oxidation sites excluding steroid dienone is 2. The largest absolute Gasteiger partial charge is 0.345 e. The Hall–Kier alpha value is -3.46. The molecule has 6 heteroatoms. The third-order valence-electron chi connectivity index (χ3n) is 3.61. The minimum Gasteiger partial charge on any atom is -0.345 e. The fraction of sp³-hybridized carbons (Fsp3) is 0.200. The van der Waals surface area contributed by atoms with Crippen molar-refractivity contribution in [1.29, 1.82) is 5.26 Å². The van der Waals surface area contributed by atoms with Crippen LogP contribution < -0.4 is 5.32 Å². The summed E-state index contributed by atoms with van der Waals surface area (Å²) in [6, 6.07) is 7.20. The van der Waals surface area contributed by atoms with Crippen LogP contribution in [0.5, 0.6) is 0 Å². The lowest BCUT2D eigenvalue weighted by Crippen LogP contribution is -2.36. The van der Waals surface area contributed by atoms with Gasteiger partial charge in [0.2, 0.25) is 0 Å². The zero-order valence-electron chi connectivity index (χ0n) is 14.6. The zero-order valence-corrected chi connectivity index (χ0v) is 14.6. The third kappa shape index (κ3) is 5.87. The highest BCUT2D eigenvalue weighted by atomic mass is 16.6. The fourth-order valence-corrected chi connectivity index (χ4v) is 2.32. The van der Waals surface area contributed by atoms with Crippen LogP contribution in [-0.4, -0.2) is 16.9 Å². The van der Waals surface area contributed by atoms with Crippen molar-refractivity contribution in [3.8, 4) is 6.07 Å². The second kappa shape index (κ2) is 10.4. The first-order valence-corrected chi connectivity index (χ1v) is 8.09. The number of benzene rings is 1. The van der Waals surface area contributed by atoms with E-state index in [1.165, 1.54) is 30.3 Å². The highest BCUT2D eigenvalue weighted by Crippen LogP contribution is 2.15. The Bertz CT molecular complexity index is 784. The van der Waals surface area contributed by atoms with Gasteiger partial charge < -0.3 is 5.32 Å². The van der Waals surface area contributed by atoms with Gasteiger partial charge in [-0.3, -0.25) is 14.9 Å². The van der Waals surface area contributed by atoms with Crippen molar-refractivity contribution in [2.24, 2.45) is 0 Å². The second-order valence-electron chi connectivity index (χ2n) is 5.44. The Morgan fingerprint density at radius 2 is 2.04 bits per heavy atom. The normalized spacial score (nSPS) is 12.6. The summed E-state index contributed by atoms with van der Waals surface area (Å²) in [4.78, 5) is 22.6.